The molecule has 0 fully saturated rings. The third kappa shape index (κ3) is 1.84. The zero-order chi connectivity index (χ0) is 12.6. The van der Waals surface area contributed by atoms with Crippen molar-refractivity contribution < 1.29 is 9.90 Å². The van der Waals surface area contributed by atoms with Crippen molar-refractivity contribution in [2.45, 2.75) is 13.0 Å². The molecule has 0 aliphatic carbocycles. The first kappa shape index (κ1) is 11.1. The van der Waals surface area contributed by atoms with Gasteiger partial charge < -0.3 is 9.67 Å². The highest BCUT2D eigenvalue weighted by Gasteiger charge is 2.12. The SMILES string of the molecule is Cn1cnc2c1c(=O)[nH]c(=O)n2CCC(=O)O. The fraction of sp³-hybridized carbons (Fsp3) is 0.333. The molecule has 0 amide bonds. The van der Waals surface area contributed by atoms with E-state index in [2.05, 4.69) is 9.97 Å². The summed E-state index contributed by atoms with van der Waals surface area (Å²) in [6, 6.07) is 0. The normalized spacial score (nSPS) is 10.9. The summed E-state index contributed by atoms with van der Waals surface area (Å²) in [6.45, 7) is -0.0293. The number of aromatic nitrogens is 4. The van der Waals surface area contributed by atoms with Crippen LogP contribution in [0.4, 0.5) is 0 Å². The average molecular weight is 238 g/mol. The van der Waals surface area contributed by atoms with Crippen LogP contribution >= 0.6 is 0 Å². The maximum Gasteiger partial charge on any atom is 0.330 e. The van der Waals surface area contributed by atoms with Crippen LogP contribution < -0.4 is 11.2 Å². The number of nitrogens with zero attached hydrogens (tertiary/aromatic N) is 3. The number of hydrogen-bond acceptors (Lipinski definition) is 4. The summed E-state index contributed by atoms with van der Waals surface area (Å²) in [5.74, 6) is -1.02. The fourth-order valence-electron chi connectivity index (χ4n) is 1.61. The molecule has 8 heteroatoms. The van der Waals surface area contributed by atoms with E-state index >= 15 is 0 Å². The number of fused-ring (bicyclic) bond motifs is 1. The molecule has 0 aliphatic rings. The molecule has 0 bridgehead atoms. The quantitative estimate of drug-likeness (QED) is 0.705. The summed E-state index contributed by atoms with van der Waals surface area (Å²) >= 11 is 0. The number of carbonyl (C=O) groups is 1. The zero-order valence-corrected chi connectivity index (χ0v) is 9.01. The molecule has 17 heavy (non-hydrogen) atoms. The Morgan fingerprint density at radius 2 is 2.24 bits per heavy atom. The van der Waals surface area contributed by atoms with Crippen LogP contribution in [0.2, 0.25) is 0 Å². The Morgan fingerprint density at radius 1 is 1.53 bits per heavy atom. The van der Waals surface area contributed by atoms with Gasteiger partial charge in [-0.15, -0.1) is 0 Å². The van der Waals surface area contributed by atoms with E-state index in [4.69, 9.17) is 5.11 Å². The number of imidazole rings is 1. The number of aryl methyl sites for hydroxylation is 2. The monoisotopic (exact) mass is 238 g/mol. The average Bonchev–Trinajstić information content (AvgIpc) is 2.60. The van der Waals surface area contributed by atoms with Gasteiger partial charge in [0.1, 0.15) is 0 Å². The number of hydrogen-bond donors (Lipinski definition) is 2. The molecule has 2 rings (SSSR count). The molecule has 0 aromatic carbocycles. The van der Waals surface area contributed by atoms with Gasteiger partial charge in [0.15, 0.2) is 11.2 Å². The zero-order valence-electron chi connectivity index (χ0n) is 9.01. The number of carboxylic acid groups (broad SMARTS) is 1. The Morgan fingerprint density at radius 3 is 2.88 bits per heavy atom. The Kier molecular flexibility index (Phi) is 2.54. The van der Waals surface area contributed by atoms with Gasteiger partial charge in [0.25, 0.3) is 5.56 Å². The van der Waals surface area contributed by atoms with Crippen molar-refractivity contribution in [2.24, 2.45) is 7.05 Å². The first-order chi connectivity index (χ1) is 8.00. The predicted octanol–water partition coefficient (Wildman–Crippen LogP) is -1.10. The molecule has 0 radical (unpaired) electrons. The van der Waals surface area contributed by atoms with Gasteiger partial charge in [0.2, 0.25) is 0 Å². The van der Waals surface area contributed by atoms with Gasteiger partial charge in [-0.1, -0.05) is 0 Å². The van der Waals surface area contributed by atoms with Gasteiger partial charge in [-0.25, -0.2) is 9.78 Å². The lowest BCUT2D eigenvalue weighted by Gasteiger charge is -2.03. The van der Waals surface area contributed by atoms with Gasteiger partial charge in [0, 0.05) is 13.6 Å². The van der Waals surface area contributed by atoms with Crippen molar-refractivity contribution >= 4 is 17.1 Å². The van der Waals surface area contributed by atoms with Gasteiger partial charge in [0.05, 0.1) is 12.7 Å². The molecule has 0 unspecified atom stereocenters. The van der Waals surface area contributed by atoms with Crippen molar-refractivity contribution in [2.75, 3.05) is 0 Å². The van der Waals surface area contributed by atoms with E-state index < -0.39 is 17.2 Å². The van der Waals surface area contributed by atoms with E-state index in [9.17, 15) is 14.4 Å². The maximum atomic E-state index is 11.5. The lowest BCUT2D eigenvalue weighted by atomic mass is 10.4. The molecule has 0 saturated heterocycles. The molecule has 2 heterocycles. The lowest BCUT2D eigenvalue weighted by Crippen LogP contribution is -2.31. The Labute approximate surface area is 94.1 Å². The minimum Gasteiger partial charge on any atom is -0.481 e. The van der Waals surface area contributed by atoms with Gasteiger partial charge in [-0.05, 0) is 0 Å². The molecule has 2 aromatic heterocycles. The molecule has 90 valence electrons. The molecule has 0 saturated carbocycles. The third-order valence-corrected chi connectivity index (χ3v) is 2.40. The second kappa shape index (κ2) is 3.89. The van der Waals surface area contributed by atoms with Crippen LogP contribution in [0, 0.1) is 0 Å². The summed E-state index contributed by atoms with van der Waals surface area (Å²) in [6.07, 6.45) is 1.19. The summed E-state index contributed by atoms with van der Waals surface area (Å²) in [4.78, 5) is 39.6. The highest BCUT2D eigenvalue weighted by Crippen LogP contribution is 2.04. The minimum atomic E-state index is -1.02. The predicted molar refractivity (Wildman–Crippen MR) is 57.8 cm³/mol. The third-order valence-electron chi connectivity index (χ3n) is 2.40. The van der Waals surface area contributed by atoms with Crippen molar-refractivity contribution in [3.63, 3.8) is 0 Å². The molecular formula is C9H10N4O4. The van der Waals surface area contributed by atoms with Crippen molar-refractivity contribution in [3.8, 4) is 0 Å². The minimum absolute atomic E-state index is 0.0293. The number of aromatic amines is 1. The second-order valence-electron chi connectivity index (χ2n) is 3.58. The van der Waals surface area contributed by atoms with Crippen LogP contribution in [0.15, 0.2) is 15.9 Å². The molecule has 2 aromatic rings. The highest BCUT2D eigenvalue weighted by molar-refractivity contribution is 5.70. The van der Waals surface area contributed by atoms with E-state index in [1.807, 2.05) is 0 Å². The fourth-order valence-corrected chi connectivity index (χ4v) is 1.61. The smallest absolute Gasteiger partial charge is 0.330 e. The second-order valence-corrected chi connectivity index (χ2v) is 3.58. The molecule has 2 N–H and O–H groups in total. The van der Waals surface area contributed by atoms with Crippen LogP contribution in [0.25, 0.3) is 11.2 Å². The van der Waals surface area contributed by atoms with Crippen LogP contribution in [-0.4, -0.2) is 30.2 Å². The summed E-state index contributed by atoms with van der Waals surface area (Å²) in [5.41, 5.74) is -0.739. The number of rotatable bonds is 3. The van der Waals surface area contributed by atoms with E-state index in [1.54, 1.807) is 7.05 Å². The maximum absolute atomic E-state index is 11.5. The van der Waals surface area contributed by atoms with Gasteiger partial charge >= 0.3 is 11.7 Å². The molecule has 8 nitrogen and oxygen atoms in total. The number of carboxylic acids is 1. The van der Waals surface area contributed by atoms with E-state index in [-0.39, 0.29) is 24.1 Å². The van der Waals surface area contributed by atoms with Crippen LogP contribution in [-0.2, 0) is 18.4 Å². The van der Waals surface area contributed by atoms with E-state index in [1.165, 1.54) is 10.9 Å². The van der Waals surface area contributed by atoms with Gasteiger partial charge in [-0.3, -0.25) is 19.1 Å². The Balaban J connectivity index is 2.66. The van der Waals surface area contributed by atoms with Crippen LogP contribution in [0.5, 0.6) is 0 Å². The molecule has 0 spiro atoms. The topological polar surface area (TPSA) is 110 Å². The van der Waals surface area contributed by atoms with Crippen molar-refractivity contribution in [1.82, 2.24) is 19.1 Å². The summed E-state index contributed by atoms with van der Waals surface area (Å²) in [7, 11) is 1.62. The molecular weight excluding hydrogens is 228 g/mol. The van der Waals surface area contributed by atoms with Crippen LogP contribution in [0.1, 0.15) is 6.42 Å². The number of aliphatic carboxylic acids is 1. The van der Waals surface area contributed by atoms with Gasteiger partial charge in [-0.2, -0.15) is 0 Å². The summed E-state index contributed by atoms with van der Waals surface area (Å²) < 4.78 is 2.62. The molecule has 0 aliphatic heterocycles. The van der Waals surface area contributed by atoms with Crippen molar-refractivity contribution in [1.29, 1.82) is 0 Å². The Hall–Kier alpha value is -2.38. The van der Waals surface area contributed by atoms with E-state index in [0.29, 0.717) is 0 Å². The lowest BCUT2D eigenvalue weighted by molar-refractivity contribution is -0.137. The molecule has 0 atom stereocenters. The number of nitrogens with one attached hydrogen (secondary N) is 1. The largest absolute Gasteiger partial charge is 0.481 e. The number of H-pyrrole nitrogens is 1. The standard InChI is InChI=1S/C9H10N4O4/c1-12-4-10-7-6(12)8(16)11-9(17)13(7)3-2-5(14)15/h4H,2-3H2,1H3,(H,14,15)(H,11,16,17). The summed E-state index contributed by atoms with van der Waals surface area (Å²) in [5, 5.41) is 8.58. The first-order valence-corrected chi connectivity index (χ1v) is 4.86. The Bertz CT molecular complexity index is 693. The van der Waals surface area contributed by atoms with E-state index in [0.717, 1.165) is 4.57 Å². The highest BCUT2D eigenvalue weighted by atomic mass is 16.4. The van der Waals surface area contributed by atoms with Crippen molar-refractivity contribution in [3.05, 3.63) is 27.2 Å². The first-order valence-electron chi connectivity index (χ1n) is 4.86. The van der Waals surface area contributed by atoms with Crippen LogP contribution in [0.3, 0.4) is 0 Å².